The minimum Gasteiger partial charge on any atom is -0.508 e. The van der Waals surface area contributed by atoms with Crippen molar-refractivity contribution in [3.63, 3.8) is 0 Å². The number of hydrogen-bond donors (Lipinski definition) is 2. The summed E-state index contributed by atoms with van der Waals surface area (Å²) in [6.45, 7) is 2.82. The Morgan fingerprint density at radius 3 is 2.76 bits per heavy atom. The molecule has 4 fully saturated rings. The van der Waals surface area contributed by atoms with Crippen molar-refractivity contribution in [3.8, 4) is 5.75 Å². The van der Waals surface area contributed by atoms with E-state index in [1.807, 2.05) is 42.5 Å². The Labute approximate surface area is 230 Å². The number of piperidine rings is 1. The molecule has 1 saturated carbocycles. The number of aromatic hydroxyl groups is 1. The molecule has 38 heavy (non-hydrogen) atoms. The number of carbonyl (C=O) groups is 1. The molecule has 3 aromatic rings. The molecule has 2 N–H and O–H groups in total. The van der Waals surface area contributed by atoms with Crippen LogP contribution in [0.15, 0.2) is 60.7 Å². The highest BCUT2D eigenvalue weighted by Crippen LogP contribution is 2.66. The van der Waals surface area contributed by atoms with Crippen LogP contribution in [0.2, 0.25) is 0 Å². The van der Waals surface area contributed by atoms with Crippen molar-refractivity contribution in [2.24, 2.45) is 11.8 Å². The number of amides is 1. The third-order valence-electron chi connectivity index (χ3n) is 10.3. The molecule has 3 saturated heterocycles. The first-order chi connectivity index (χ1) is 18.1. The van der Waals surface area contributed by atoms with Gasteiger partial charge in [0.05, 0.1) is 17.2 Å². The van der Waals surface area contributed by atoms with Crippen molar-refractivity contribution in [1.29, 1.82) is 0 Å². The van der Waals surface area contributed by atoms with E-state index in [9.17, 15) is 9.90 Å². The lowest BCUT2D eigenvalue weighted by atomic mass is 9.52. The van der Waals surface area contributed by atoms with Crippen LogP contribution in [0.4, 0.5) is 0 Å². The molecule has 0 spiro atoms. The molecule has 0 aromatic heterocycles. The summed E-state index contributed by atoms with van der Waals surface area (Å²) in [7, 11) is 0. The third-order valence-corrected chi connectivity index (χ3v) is 10.3. The molecule has 3 heterocycles. The van der Waals surface area contributed by atoms with E-state index in [1.54, 1.807) is 0 Å². The first kappa shape index (κ1) is 24.4. The molecule has 5 nitrogen and oxygen atoms in total. The number of nitrogens with one attached hydrogen (secondary N) is 1. The van der Waals surface area contributed by atoms with E-state index in [-0.39, 0.29) is 35.6 Å². The molecule has 5 atom stereocenters. The summed E-state index contributed by atoms with van der Waals surface area (Å²) in [6, 6.07) is 20.0. The summed E-state index contributed by atoms with van der Waals surface area (Å²) in [4.78, 5) is 16.3. The molecule has 198 valence electrons. The highest BCUT2D eigenvalue weighted by Gasteiger charge is 2.73. The summed E-state index contributed by atoms with van der Waals surface area (Å²) >= 11 is 0. The van der Waals surface area contributed by atoms with Gasteiger partial charge in [-0.3, -0.25) is 9.69 Å². The number of rotatable bonds is 5. The molecule has 1 amide bonds. The maximum atomic E-state index is 13.5. The Hall–Kier alpha value is -2.60. The number of nitrogens with zero attached hydrogens (tertiary/aromatic N) is 1. The lowest BCUT2D eigenvalue weighted by Gasteiger charge is -2.60. The standard InChI is InChI=1S/C32H34N2O3.ClH/c35-23-11-10-22-17-32-28-12-14-31(37-28,19-33-30(36)26-7-3-5-21-4-1-2-6-24(21)26)29(32)25(27(22)16-23)13-15-34(32)18-20-8-9-20;/h1-7,10-11,16,20,25,28-29,35H,8-9,12-15,17-19H2,(H,33,36);1H/t25?,28?,29?,31-,32?;/m0./s1. The molecule has 0 radical (unpaired) electrons. The number of hydrogen-bond acceptors (Lipinski definition) is 4. The number of likely N-dealkylation sites (tertiary alicyclic amines) is 1. The summed E-state index contributed by atoms with van der Waals surface area (Å²) in [5, 5.41) is 15.8. The van der Waals surface area contributed by atoms with Gasteiger partial charge in [0, 0.05) is 24.6 Å². The third kappa shape index (κ3) is 3.41. The minimum absolute atomic E-state index is 0. The Balaban J connectivity index is 0.00000242. The smallest absolute Gasteiger partial charge is 0.252 e. The van der Waals surface area contributed by atoms with Gasteiger partial charge in [0.15, 0.2) is 0 Å². The Kier molecular flexibility index (Phi) is 5.60. The van der Waals surface area contributed by atoms with Crippen molar-refractivity contribution in [2.75, 3.05) is 19.6 Å². The first-order valence-corrected chi connectivity index (χ1v) is 14.1. The molecule has 4 bridgehead atoms. The lowest BCUT2D eigenvalue weighted by molar-refractivity contribution is -0.0545. The van der Waals surface area contributed by atoms with Crippen LogP contribution < -0.4 is 5.32 Å². The molecule has 6 heteroatoms. The fraction of sp³-hybridized carbons (Fsp3) is 0.469. The molecule has 8 rings (SSSR count). The summed E-state index contributed by atoms with van der Waals surface area (Å²) in [6.07, 6.45) is 7.02. The molecular weight excluding hydrogens is 496 g/mol. The van der Waals surface area contributed by atoms with Crippen LogP contribution >= 0.6 is 12.4 Å². The van der Waals surface area contributed by atoms with Crippen LogP contribution in [-0.4, -0.2) is 52.8 Å². The van der Waals surface area contributed by atoms with Crippen LogP contribution in [0, 0.1) is 11.8 Å². The number of benzene rings is 3. The zero-order valence-corrected chi connectivity index (χ0v) is 22.4. The number of fused-ring (bicyclic) bond motifs is 5. The molecule has 5 aliphatic rings. The SMILES string of the molecule is Cl.O=C(NC[C@]12CCC(O1)C13Cc4ccc(O)cc4C(CCN1CC1CC1)C32)c1cccc2ccccc12. The van der Waals surface area contributed by atoms with E-state index in [0.717, 1.165) is 54.5 Å². The molecular formula is C32H35ClN2O3. The molecule has 3 aromatic carbocycles. The monoisotopic (exact) mass is 530 g/mol. The average Bonchev–Trinajstić information content (AvgIpc) is 3.56. The molecule has 3 aliphatic heterocycles. The largest absolute Gasteiger partial charge is 0.508 e. The quantitative estimate of drug-likeness (QED) is 0.461. The Bertz CT molecular complexity index is 1420. The van der Waals surface area contributed by atoms with Crippen molar-refractivity contribution in [3.05, 3.63) is 77.4 Å². The summed E-state index contributed by atoms with van der Waals surface area (Å²) < 4.78 is 7.06. The fourth-order valence-corrected chi connectivity index (χ4v) is 8.72. The van der Waals surface area contributed by atoms with E-state index in [1.165, 1.54) is 30.5 Å². The van der Waals surface area contributed by atoms with Gasteiger partial charge in [-0.2, -0.15) is 0 Å². The van der Waals surface area contributed by atoms with Gasteiger partial charge in [0.2, 0.25) is 0 Å². The van der Waals surface area contributed by atoms with Gasteiger partial charge >= 0.3 is 0 Å². The predicted molar refractivity (Wildman–Crippen MR) is 150 cm³/mol. The number of ether oxygens (including phenoxy) is 1. The van der Waals surface area contributed by atoms with Crippen molar-refractivity contribution in [2.45, 2.75) is 61.7 Å². The summed E-state index contributed by atoms with van der Waals surface area (Å²) in [5.74, 6) is 1.84. The van der Waals surface area contributed by atoms with Crippen molar-refractivity contribution in [1.82, 2.24) is 10.2 Å². The number of phenolic OH excluding ortho intramolecular Hbond substituents is 1. The minimum atomic E-state index is -0.360. The number of carbonyl (C=O) groups excluding carboxylic acids is 1. The first-order valence-electron chi connectivity index (χ1n) is 14.1. The number of halogens is 1. The maximum absolute atomic E-state index is 13.5. The van der Waals surface area contributed by atoms with Crippen LogP contribution in [-0.2, 0) is 11.2 Å². The maximum Gasteiger partial charge on any atom is 0.252 e. The number of phenols is 1. The Morgan fingerprint density at radius 2 is 1.89 bits per heavy atom. The molecule has 4 unspecified atom stereocenters. The molecule has 2 aliphatic carbocycles. The highest BCUT2D eigenvalue weighted by molar-refractivity contribution is 6.07. The summed E-state index contributed by atoms with van der Waals surface area (Å²) in [5.41, 5.74) is 3.05. The van der Waals surface area contributed by atoms with E-state index in [0.29, 0.717) is 24.1 Å². The fourth-order valence-electron chi connectivity index (χ4n) is 8.72. The Morgan fingerprint density at radius 1 is 1.05 bits per heavy atom. The van der Waals surface area contributed by atoms with Gasteiger partial charge in [0.25, 0.3) is 5.91 Å². The van der Waals surface area contributed by atoms with Gasteiger partial charge in [-0.15, -0.1) is 12.4 Å². The zero-order chi connectivity index (χ0) is 24.8. The van der Waals surface area contributed by atoms with E-state index in [4.69, 9.17) is 4.74 Å². The predicted octanol–water partition coefficient (Wildman–Crippen LogP) is 5.44. The van der Waals surface area contributed by atoms with E-state index >= 15 is 0 Å². The second-order valence-corrected chi connectivity index (χ2v) is 12.2. The normalized spacial score (nSPS) is 32.9. The highest BCUT2D eigenvalue weighted by atomic mass is 35.5. The second-order valence-electron chi connectivity index (χ2n) is 12.2. The van der Waals surface area contributed by atoms with Gasteiger partial charge in [-0.05, 0) is 97.0 Å². The zero-order valence-electron chi connectivity index (χ0n) is 21.6. The lowest BCUT2D eigenvalue weighted by Crippen LogP contribution is -2.70. The van der Waals surface area contributed by atoms with E-state index in [2.05, 4.69) is 28.4 Å². The topological polar surface area (TPSA) is 61.8 Å². The van der Waals surface area contributed by atoms with Crippen molar-refractivity contribution < 1.29 is 14.6 Å². The van der Waals surface area contributed by atoms with Crippen LogP contribution in [0.25, 0.3) is 10.8 Å². The average molecular weight is 531 g/mol. The van der Waals surface area contributed by atoms with Crippen LogP contribution in [0.3, 0.4) is 0 Å². The van der Waals surface area contributed by atoms with Gasteiger partial charge < -0.3 is 15.2 Å². The second kappa shape index (κ2) is 8.70. The van der Waals surface area contributed by atoms with Crippen LogP contribution in [0.1, 0.15) is 59.5 Å². The van der Waals surface area contributed by atoms with Gasteiger partial charge in [-0.1, -0.05) is 42.5 Å². The van der Waals surface area contributed by atoms with Crippen molar-refractivity contribution >= 4 is 29.1 Å². The van der Waals surface area contributed by atoms with Gasteiger partial charge in [0.1, 0.15) is 5.75 Å². The van der Waals surface area contributed by atoms with Crippen LogP contribution in [0.5, 0.6) is 5.75 Å². The van der Waals surface area contributed by atoms with Gasteiger partial charge in [-0.25, -0.2) is 0 Å². The van der Waals surface area contributed by atoms with E-state index < -0.39 is 0 Å².